The van der Waals surface area contributed by atoms with Crippen LogP contribution in [0.1, 0.15) is 10.4 Å². The zero-order valence-electron chi connectivity index (χ0n) is 18.0. The highest BCUT2D eigenvalue weighted by Gasteiger charge is 2.22. The molecule has 0 radical (unpaired) electrons. The molecule has 12 heteroatoms. The number of halogens is 2. The van der Waals surface area contributed by atoms with Crippen molar-refractivity contribution >= 4 is 40.7 Å². The topological polar surface area (TPSA) is 120 Å². The highest BCUT2D eigenvalue weighted by Crippen LogP contribution is 2.34. The van der Waals surface area contributed by atoms with Crippen molar-refractivity contribution < 1.29 is 23.6 Å². The van der Waals surface area contributed by atoms with Crippen molar-refractivity contribution in [2.75, 3.05) is 43.6 Å². The lowest BCUT2D eigenvalue weighted by atomic mass is 10.0. The van der Waals surface area contributed by atoms with Gasteiger partial charge in [-0.15, -0.1) is 0 Å². The summed E-state index contributed by atoms with van der Waals surface area (Å²) in [4.78, 5) is 33.9. The van der Waals surface area contributed by atoms with Gasteiger partial charge in [-0.25, -0.2) is 14.2 Å². The van der Waals surface area contributed by atoms with E-state index in [0.717, 1.165) is 6.07 Å². The average molecular weight is 488 g/mol. The molecule has 0 amide bonds. The number of hydrogen-bond donors (Lipinski definition) is 1. The van der Waals surface area contributed by atoms with E-state index >= 15 is 0 Å². The van der Waals surface area contributed by atoms with Crippen molar-refractivity contribution in [1.29, 1.82) is 0 Å². The molecule has 3 aromatic rings. The molecule has 1 aliphatic rings. The van der Waals surface area contributed by atoms with Crippen LogP contribution in [0.3, 0.4) is 0 Å². The van der Waals surface area contributed by atoms with Gasteiger partial charge in [0.2, 0.25) is 5.95 Å². The van der Waals surface area contributed by atoms with Gasteiger partial charge in [-0.2, -0.15) is 4.98 Å². The van der Waals surface area contributed by atoms with Crippen LogP contribution in [0.5, 0.6) is 0 Å². The molecular weight excluding hydrogens is 469 g/mol. The molecule has 0 aliphatic carbocycles. The van der Waals surface area contributed by atoms with Crippen molar-refractivity contribution in [3.05, 3.63) is 69.1 Å². The first-order chi connectivity index (χ1) is 16.4. The Labute approximate surface area is 198 Å². The summed E-state index contributed by atoms with van der Waals surface area (Å²) in [6, 6.07) is 8.12. The van der Waals surface area contributed by atoms with Crippen LogP contribution in [0.25, 0.3) is 11.1 Å². The Morgan fingerprint density at radius 1 is 1.26 bits per heavy atom. The molecule has 1 aliphatic heterocycles. The summed E-state index contributed by atoms with van der Waals surface area (Å²) in [7, 11) is 1.20. The molecule has 1 aromatic heterocycles. The van der Waals surface area contributed by atoms with Crippen LogP contribution in [0.2, 0.25) is 5.02 Å². The monoisotopic (exact) mass is 487 g/mol. The van der Waals surface area contributed by atoms with Crippen molar-refractivity contribution in [2.24, 2.45) is 0 Å². The van der Waals surface area contributed by atoms with E-state index in [0.29, 0.717) is 48.9 Å². The summed E-state index contributed by atoms with van der Waals surface area (Å²) in [5.41, 5.74) is 1.11. The van der Waals surface area contributed by atoms with Crippen molar-refractivity contribution in [2.45, 2.75) is 0 Å². The van der Waals surface area contributed by atoms with E-state index in [9.17, 15) is 19.3 Å². The summed E-state index contributed by atoms with van der Waals surface area (Å²) in [5.74, 6) is -0.549. The van der Waals surface area contributed by atoms with Crippen LogP contribution in [-0.2, 0) is 9.47 Å². The Bertz CT molecular complexity index is 1250. The first-order valence-electron chi connectivity index (χ1n) is 10.2. The molecule has 2 aromatic carbocycles. The second-order valence-corrected chi connectivity index (χ2v) is 7.71. The number of anilines is 3. The molecule has 0 bridgehead atoms. The van der Waals surface area contributed by atoms with Crippen LogP contribution in [0, 0.1) is 15.9 Å². The molecule has 0 saturated carbocycles. The third-order valence-corrected chi connectivity index (χ3v) is 5.41. The normalized spacial score (nSPS) is 13.4. The highest BCUT2D eigenvalue weighted by molar-refractivity contribution is 6.31. The average Bonchev–Trinajstić information content (AvgIpc) is 2.86. The first-order valence-corrected chi connectivity index (χ1v) is 10.5. The molecule has 0 spiro atoms. The molecule has 1 saturated heterocycles. The maximum absolute atomic E-state index is 13.5. The van der Waals surface area contributed by atoms with E-state index in [2.05, 4.69) is 15.3 Å². The van der Waals surface area contributed by atoms with E-state index in [4.69, 9.17) is 21.1 Å². The van der Waals surface area contributed by atoms with Gasteiger partial charge in [-0.05, 0) is 29.8 Å². The van der Waals surface area contributed by atoms with Gasteiger partial charge in [-0.1, -0.05) is 11.6 Å². The van der Waals surface area contributed by atoms with Gasteiger partial charge < -0.3 is 19.7 Å². The summed E-state index contributed by atoms with van der Waals surface area (Å²) in [6.45, 7) is 2.01. The number of nitro groups is 1. The number of methoxy groups -OCH3 is 1. The number of carbonyl (C=O) groups excluding carboxylic acids is 1. The number of esters is 1. The maximum atomic E-state index is 13.5. The second kappa shape index (κ2) is 9.98. The SMILES string of the molecule is COC(=O)c1cc(-c2cnc(Nc3ccc(F)c(Cl)c3)nc2N2CCOCC2)cc([N+](=O)[O-])c1. The van der Waals surface area contributed by atoms with E-state index in [1.165, 1.54) is 43.6 Å². The van der Waals surface area contributed by atoms with Gasteiger partial charge in [0.05, 0.1) is 35.8 Å². The smallest absolute Gasteiger partial charge is 0.338 e. The molecular formula is C22H19ClFN5O5. The standard InChI is InChI=1S/C22H19ClFN5O5/c1-33-21(30)14-8-13(9-16(10-14)29(31)32)17-12-25-22(26-15-2-3-19(24)18(23)11-15)27-20(17)28-4-6-34-7-5-28/h2-3,8-12H,4-7H2,1H3,(H,25,26,27). The van der Waals surface area contributed by atoms with Crippen LogP contribution in [0.4, 0.5) is 27.5 Å². The van der Waals surface area contributed by atoms with Gasteiger partial charge >= 0.3 is 5.97 Å². The van der Waals surface area contributed by atoms with Gasteiger partial charge in [-0.3, -0.25) is 10.1 Å². The number of carbonyl (C=O) groups is 1. The number of nitrogens with one attached hydrogen (secondary N) is 1. The van der Waals surface area contributed by atoms with E-state index in [1.807, 2.05) is 4.90 Å². The van der Waals surface area contributed by atoms with Gasteiger partial charge in [0.15, 0.2) is 0 Å². The molecule has 176 valence electrons. The largest absolute Gasteiger partial charge is 0.465 e. The highest BCUT2D eigenvalue weighted by atomic mass is 35.5. The Balaban J connectivity index is 1.80. The fourth-order valence-electron chi connectivity index (χ4n) is 3.46. The number of rotatable bonds is 6. The van der Waals surface area contributed by atoms with Crippen LogP contribution >= 0.6 is 11.6 Å². The Hall–Kier alpha value is -3.83. The van der Waals surface area contributed by atoms with Gasteiger partial charge in [0.25, 0.3) is 5.69 Å². The molecule has 1 fully saturated rings. The van der Waals surface area contributed by atoms with E-state index in [-0.39, 0.29) is 22.2 Å². The fraction of sp³-hybridized carbons (Fsp3) is 0.227. The third kappa shape index (κ3) is 5.05. The van der Waals surface area contributed by atoms with Gasteiger partial charge in [0, 0.05) is 42.7 Å². The molecule has 10 nitrogen and oxygen atoms in total. The van der Waals surface area contributed by atoms with E-state index in [1.54, 1.807) is 0 Å². The number of nitrogens with zero attached hydrogens (tertiary/aromatic N) is 4. The Kier molecular flexibility index (Phi) is 6.85. The number of nitro benzene ring substituents is 1. The molecule has 34 heavy (non-hydrogen) atoms. The Morgan fingerprint density at radius 3 is 2.71 bits per heavy atom. The lowest BCUT2D eigenvalue weighted by molar-refractivity contribution is -0.384. The predicted molar refractivity (Wildman–Crippen MR) is 123 cm³/mol. The van der Waals surface area contributed by atoms with Crippen LogP contribution in [0.15, 0.2) is 42.6 Å². The first kappa shape index (κ1) is 23.3. The molecule has 2 heterocycles. The zero-order chi connectivity index (χ0) is 24.2. The van der Waals surface area contributed by atoms with Crippen molar-refractivity contribution in [3.8, 4) is 11.1 Å². The fourth-order valence-corrected chi connectivity index (χ4v) is 3.64. The number of ether oxygens (including phenoxy) is 2. The maximum Gasteiger partial charge on any atom is 0.338 e. The molecule has 1 N–H and O–H groups in total. The molecule has 4 rings (SSSR count). The van der Waals surface area contributed by atoms with Crippen LogP contribution in [-0.4, -0.2) is 54.3 Å². The minimum Gasteiger partial charge on any atom is -0.465 e. The number of hydrogen-bond acceptors (Lipinski definition) is 9. The minimum atomic E-state index is -0.703. The molecule has 0 atom stereocenters. The van der Waals surface area contributed by atoms with Gasteiger partial charge in [0.1, 0.15) is 11.6 Å². The number of non-ortho nitro benzene ring substituents is 1. The number of aromatic nitrogens is 2. The minimum absolute atomic E-state index is 0.0304. The summed E-state index contributed by atoms with van der Waals surface area (Å²) in [6.07, 6.45) is 1.51. The van der Waals surface area contributed by atoms with Crippen molar-refractivity contribution in [1.82, 2.24) is 9.97 Å². The Morgan fingerprint density at radius 2 is 2.03 bits per heavy atom. The van der Waals surface area contributed by atoms with Crippen LogP contribution < -0.4 is 10.2 Å². The third-order valence-electron chi connectivity index (χ3n) is 5.12. The molecule has 0 unspecified atom stereocenters. The summed E-state index contributed by atoms with van der Waals surface area (Å²) >= 11 is 5.86. The lowest BCUT2D eigenvalue weighted by Crippen LogP contribution is -2.37. The number of benzene rings is 2. The summed E-state index contributed by atoms with van der Waals surface area (Å²) in [5, 5.41) is 14.4. The lowest BCUT2D eigenvalue weighted by Gasteiger charge is -2.29. The number of morpholine rings is 1. The zero-order valence-corrected chi connectivity index (χ0v) is 18.7. The van der Waals surface area contributed by atoms with E-state index < -0.39 is 16.7 Å². The summed E-state index contributed by atoms with van der Waals surface area (Å²) < 4.78 is 23.7. The quantitative estimate of drug-likeness (QED) is 0.309. The predicted octanol–water partition coefficient (Wildman–Crippen LogP) is 4.21. The van der Waals surface area contributed by atoms with Crippen molar-refractivity contribution in [3.63, 3.8) is 0 Å². The second-order valence-electron chi connectivity index (χ2n) is 7.30.